The summed E-state index contributed by atoms with van der Waals surface area (Å²) in [6.07, 6.45) is 7.84. The highest BCUT2D eigenvalue weighted by Gasteiger charge is 2.24. The fraction of sp³-hybridized carbons (Fsp3) is 0.244. The zero-order valence-corrected chi connectivity index (χ0v) is 44.2. The van der Waals surface area contributed by atoms with Gasteiger partial charge in [0.25, 0.3) is 11.8 Å². The van der Waals surface area contributed by atoms with Gasteiger partial charge in [0.15, 0.2) is 0 Å². The van der Waals surface area contributed by atoms with Crippen LogP contribution in [0.3, 0.4) is 0 Å². The predicted molar refractivity (Wildman–Crippen MR) is 272 cm³/mol. The third-order valence-corrected chi connectivity index (χ3v) is 12.4. The minimum absolute atomic E-state index is 0.0290. The maximum Gasteiger partial charge on any atom is 0.314 e. The van der Waals surface area contributed by atoms with E-state index in [1.807, 2.05) is 6.07 Å². The quantitative estimate of drug-likeness (QED) is 0.0490. The van der Waals surface area contributed by atoms with E-state index in [1.165, 1.54) is 49.3 Å². The molecule has 81 heavy (non-hydrogen) atoms. The molecule has 0 saturated heterocycles. The molecule has 1 aliphatic heterocycles. The predicted octanol–water partition coefficient (Wildman–Crippen LogP) is 5.40. The van der Waals surface area contributed by atoms with Crippen LogP contribution in [0.4, 0.5) is 53.0 Å². The van der Waals surface area contributed by atoms with Crippen LogP contribution in [-0.2, 0) is 30.1 Å². The number of nitrogens with zero attached hydrogens (tertiary/aromatic N) is 12. The van der Waals surface area contributed by atoms with E-state index in [-0.39, 0.29) is 71.2 Å². The smallest absolute Gasteiger partial charge is 0.314 e. The van der Waals surface area contributed by atoms with Gasteiger partial charge in [-0.25, -0.2) is 95.7 Å². The molecule has 0 bridgehead atoms. The average Bonchev–Trinajstić information content (AvgIpc) is 4.17. The van der Waals surface area contributed by atoms with Crippen LogP contribution >= 0.6 is 0 Å². The lowest BCUT2D eigenvalue weighted by Crippen LogP contribution is -2.31. The van der Waals surface area contributed by atoms with Gasteiger partial charge in [0.05, 0.1) is 66.1 Å². The number of benzene rings is 3. The molecule has 7 aromatic rings. The lowest BCUT2D eigenvalue weighted by Gasteiger charge is -2.20. The first kappa shape index (κ1) is 61.6. The number of halogens is 8. The summed E-state index contributed by atoms with van der Waals surface area (Å²) in [7, 11) is -10.6. The number of nitrogens with one attached hydrogen (secondary N) is 6. The van der Waals surface area contributed by atoms with Crippen molar-refractivity contribution in [2.24, 2.45) is 15.4 Å². The molecule has 6 N–H and O–H groups in total. The molecule has 1 aliphatic rings. The molecule has 0 fully saturated rings. The highest BCUT2D eigenvalue weighted by Crippen LogP contribution is 2.26. The van der Waals surface area contributed by atoms with Crippen LogP contribution in [-0.4, -0.2) is 116 Å². The normalized spacial score (nSPS) is 13.4. The number of aromatic nitrogens is 8. The minimum Gasteiger partial charge on any atom is -0.415 e. The van der Waals surface area contributed by atoms with Gasteiger partial charge in [-0.2, -0.15) is 19.2 Å². The molecule has 25 nitrogen and oxygen atoms in total. The van der Waals surface area contributed by atoms with Gasteiger partial charge in [0.2, 0.25) is 47.9 Å². The van der Waals surface area contributed by atoms with E-state index in [9.17, 15) is 60.4 Å². The standard InChI is InChI=1S/C16H14F4N6O3S.C15H15F2N7O2S.C14H13F2N5O2S/c1-30(27,28)23-7-12(10-3-2-9(17)4-11(10)18)24-16-21-5-8(6-22-16)14-25-26-15(29-14)13(19)20;1-27(25,26)21-8-14(11-3-2-10(16)4-12(11)17)22-15-18-5-9(6-19-15)13-7-20-24-23-13;1-24(22,23)20-8-13(11-3-2-10(15)4-12(11)16)21-14-18-6-9(5-17)7-19-14/h2-6,12-13,23H,7H2,1H3,(H,21,22,24);2-6,14,21H,7-8H2,1H3,(H,18,19,22);2-4,6-7,13,20H,8H2,1H3,(H,18,19,21). The van der Waals surface area contributed by atoms with Crippen molar-refractivity contribution in [3.8, 4) is 17.5 Å². The van der Waals surface area contributed by atoms with Gasteiger partial charge in [-0.15, -0.1) is 15.3 Å². The van der Waals surface area contributed by atoms with Crippen molar-refractivity contribution in [2.75, 3.05) is 60.9 Å². The number of hydrogen-bond donors (Lipinski definition) is 6. The Kier molecular flexibility index (Phi) is 20.9. The van der Waals surface area contributed by atoms with Crippen LogP contribution in [0.25, 0.3) is 11.5 Å². The second-order valence-corrected chi connectivity index (χ2v) is 22.1. The van der Waals surface area contributed by atoms with Gasteiger partial charge in [0, 0.05) is 84.9 Å². The molecule has 0 aliphatic carbocycles. The number of nitriles is 1. The van der Waals surface area contributed by atoms with Gasteiger partial charge in [-0.1, -0.05) is 18.2 Å². The van der Waals surface area contributed by atoms with Crippen molar-refractivity contribution in [3.63, 3.8) is 0 Å². The second kappa shape index (κ2) is 27.5. The highest BCUT2D eigenvalue weighted by molar-refractivity contribution is 7.89. The van der Waals surface area contributed by atoms with Gasteiger partial charge >= 0.3 is 6.43 Å². The molecule has 8 rings (SSSR count). The zero-order valence-electron chi connectivity index (χ0n) is 41.8. The Balaban J connectivity index is 0.000000197. The number of anilines is 3. The van der Waals surface area contributed by atoms with Gasteiger partial charge in [0.1, 0.15) is 47.5 Å². The van der Waals surface area contributed by atoms with Crippen molar-refractivity contribution < 1.29 is 64.8 Å². The molecule has 4 aromatic heterocycles. The Bertz CT molecular complexity index is 3760. The number of alkyl halides is 2. The second-order valence-electron chi connectivity index (χ2n) is 16.6. The maximum atomic E-state index is 14.2. The SMILES string of the molecule is CS(=O)(=O)NCC(Nc1ncc(-c2nnc(C(F)F)o2)cn1)c1ccc(F)cc1F.CS(=O)(=O)NCC(Nc1ncc(C#N)cn1)c1ccc(F)cc1F.CS(=O)(=O)NCC(Nc1ncc(C2=NN=NC2)cn1)c1ccc(F)cc1F. The van der Waals surface area contributed by atoms with Crippen molar-refractivity contribution in [1.29, 1.82) is 5.26 Å². The largest absolute Gasteiger partial charge is 0.415 e. The molecule has 3 unspecified atom stereocenters. The summed E-state index contributed by atoms with van der Waals surface area (Å²) in [5.41, 5.74) is 1.71. The van der Waals surface area contributed by atoms with Crippen LogP contribution in [0.5, 0.6) is 0 Å². The van der Waals surface area contributed by atoms with E-state index in [4.69, 9.17) is 9.68 Å². The molecule has 0 amide bonds. The maximum absolute atomic E-state index is 14.2. The molecule has 3 aromatic carbocycles. The monoisotopic (exact) mass is 1190 g/mol. The van der Waals surface area contributed by atoms with E-state index < -0.39 is 95.4 Å². The van der Waals surface area contributed by atoms with Gasteiger partial charge < -0.3 is 20.4 Å². The van der Waals surface area contributed by atoms with E-state index >= 15 is 0 Å². The average molecular weight is 1200 g/mol. The number of rotatable bonds is 21. The lowest BCUT2D eigenvalue weighted by molar-refractivity contribution is 0.116. The van der Waals surface area contributed by atoms with Crippen LogP contribution in [0.1, 0.15) is 58.3 Å². The van der Waals surface area contributed by atoms with Gasteiger partial charge in [-0.3, -0.25) is 0 Å². The molecule has 0 spiro atoms. The summed E-state index contributed by atoms with van der Waals surface area (Å²) >= 11 is 0. The summed E-state index contributed by atoms with van der Waals surface area (Å²) in [6, 6.07) is 7.97. The summed E-state index contributed by atoms with van der Waals surface area (Å²) in [5, 5.41) is 34.8. The van der Waals surface area contributed by atoms with Crippen LogP contribution in [0, 0.1) is 46.2 Å². The Morgan fingerprint density at radius 1 is 0.556 bits per heavy atom. The van der Waals surface area contributed by atoms with E-state index in [0.717, 1.165) is 49.1 Å². The van der Waals surface area contributed by atoms with E-state index in [0.29, 0.717) is 30.0 Å². The molecular weight excluding hydrogens is 1150 g/mol. The summed E-state index contributed by atoms with van der Waals surface area (Å²) in [6.45, 7) is -0.340. The van der Waals surface area contributed by atoms with E-state index in [2.05, 4.69) is 85.7 Å². The van der Waals surface area contributed by atoms with Crippen molar-refractivity contribution in [1.82, 2.24) is 54.3 Å². The Morgan fingerprint density at radius 3 is 1.23 bits per heavy atom. The van der Waals surface area contributed by atoms with E-state index in [1.54, 1.807) is 0 Å². The Morgan fingerprint density at radius 2 is 0.926 bits per heavy atom. The first-order valence-electron chi connectivity index (χ1n) is 22.6. The highest BCUT2D eigenvalue weighted by atomic mass is 32.2. The van der Waals surface area contributed by atoms with Crippen molar-refractivity contribution in [3.05, 3.63) is 160 Å². The van der Waals surface area contributed by atoms with Crippen LogP contribution in [0.15, 0.2) is 112 Å². The molecule has 0 saturated carbocycles. The van der Waals surface area contributed by atoms with Crippen LogP contribution in [0.2, 0.25) is 0 Å². The third kappa shape index (κ3) is 19.6. The number of sulfonamides is 3. The third-order valence-electron chi connectivity index (χ3n) is 10.3. The van der Waals surface area contributed by atoms with Crippen LogP contribution < -0.4 is 30.1 Å². The molecule has 36 heteroatoms. The number of hydrogen-bond acceptors (Lipinski definition) is 22. The topological polar surface area (TPSA) is 352 Å². The first-order chi connectivity index (χ1) is 38.2. The fourth-order valence-corrected chi connectivity index (χ4v) is 7.98. The molecule has 0 radical (unpaired) electrons. The Labute approximate surface area is 455 Å². The van der Waals surface area contributed by atoms with Crippen molar-refractivity contribution >= 4 is 53.6 Å². The van der Waals surface area contributed by atoms with Gasteiger partial charge in [-0.05, 0) is 23.4 Å². The molecule has 428 valence electrons. The molecule has 3 atom stereocenters. The Hall–Kier alpha value is -8.63. The van der Waals surface area contributed by atoms with Crippen molar-refractivity contribution in [2.45, 2.75) is 24.6 Å². The molecule has 5 heterocycles. The summed E-state index contributed by atoms with van der Waals surface area (Å²) < 4.78 is 187. The first-order valence-corrected chi connectivity index (χ1v) is 28.3. The summed E-state index contributed by atoms with van der Waals surface area (Å²) in [4.78, 5) is 23.9. The zero-order chi connectivity index (χ0) is 59.1. The fourth-order valence-electron chi connectivity index (χ4n) is 6.57. The lowest BCUT2D eigenvalue weighted by atomic mass is 10.1. The summed E-state index contributed by atoms with van der Waals surface area (Å²) in [5.74, 6) is -5.76. The minimum atomic E-state index is -3.60. The molecular formula is C45H42F8N18O7S3.